The molecule has 2 rings (SSSR count). The zero-order chi connectivity index (χ0) is 16.9. The Morgan fingerprint density at radius 3 is 2.22 bits per heavy atom. The van der Waals surface area contributed by atoms with E-state index in [2.05, 4.69) is 43.9 Å². The Balaban J connectivity index is 2.10. The third-order valence-electron chi connectivity index (χ3n) is 4.26. The molecule has 0 bridgehead atoms. The van der Waals surface area contributed by atoms with Crippen molar-refractivity contribution < 1.29 is 9.53 Å². The van der Waals surface area contributed by atoms with Gasteiger partial charge in [0.05, 0.1) is 12.2 Å². The zero-order valence-electron chi connectivity index (χ0n) is 14.1. The number of ether oxygens (including phenoxy) is 1. The summed E-state index contributed by atoms with van der Waals surface area (Å²) in [6.07, 6.45) is 0.844. The van der Waals surface area contributed by atoms with Crippen molar-refractivity contribution in [3.8, 4) is 0 Å². The van der Waals surface area contributed by atoms with Crippen molar-refractivity contribution in [3.63, 3.8) is 0 Å². The number of hydrogen-bond acceptors (Lipinski definition) is 2. The number of esters is 1. The van der Waals surface area contributed by atoms with Crippen LogP contribution in [0.1, 0.15) is 22.8 Å². The highest BCUT2D eigenvalue weighted by molar-refractivity contribution is 6.95. The van der Waals surface area contributed by atoms with E-state index >= 15 is 0 Å². The Hall–Kier alpha value is -2.13. The van der Waals surface area contributed by atoms with Gasteiger partial charge in [-0.3, -0.25) is 0 Å². The smallest absolute Gasteiger partial charge is 0.338 e. The SMILES string of the molecule is C=C(Cc1ccc(C(=O)OCC)cc1)[Si](C)(C)c1ccccc1. The van der Waals surface area contributed by atoms with Crippen LogP contribution in [0.15, 0.2) is 66.4 Å². The van der Waals surface area contributed by atoms with Gasteiger partial charge in [0.15, 0.2) is 0 Å². The summed E-state index contributed by atoms with van der Waals surface area (Å²) in [7, 11) is -1.70. The van der Waals surface area contributed by atoms with Crippen LogP contribution in [-0.2, 0) is 11.2 Å². The Morgan fingerprint density at radius 1 is 1.04 bits per heavy atom. The first-order chi connectivity index (χ1) is 10.9. The van der Waals surface area contributed by atoms with Gasteiger partial charge < -0.3 is 4.74 Å². The van der Waals surface area contributed by atoms with Crippen molar-refractivity contribution >= 4 is 19.2 Å². The highest BCUT2D eigenvalue weighted by Crippen LogP contribution is 2.19. The second-order valence-corrected chi connectivity index (χ2v) is 10.7. The molecule has 0 aliphatic rings. The van der Waals surface area contributed by atoms with Crippen LogP contribution in [0.25, 0.3) is 0 Å². The van der Waals surface area contributed by atoms with E-state index in [9.17, 15) is 4.79 Å². The maximum absolute atomic E-state index is 11.7. The van der Waals surface area contributed by atoms with Crippen LogP contribution in [-0.4, -0.2) is 20.7 Å². The molecule has 23 heavy (non-hydrogen) atoms. The molecule has 0 amide bonds. The van der Waals surface area contributed by atoms with Crippen LogP contribution in [0.4, 0.5) is 0 Å². The fraction of sp³-hybridized carbons (Fsp3) is 0.250. The molecule has 0 aromatic heterocycles. The lowest BCUT2D eigenvalue weighted by Crippen LogP contribution is -2.44. The second-order valence-electron chi connectivity index (χ2n) is 6.19. The van der Waals surface area contributed by atoms with Crippen molar-refractivity contribution in [2.45, 2.75) is 26.4 Å². The monoisotopic (exact) mass is 324 g/mol. The van der Waals surface area contributed by atoms with E-state index in [4.69, 9.17) is 4.74 Å². The molecular weight excluding hydrogens is 300 g/mol. The topological polar surface area (TPSA) is 26.3 Å². The average molecular weight is 324 g/mol. The van der Waals surface area contributed by atoms with Gasteiger partial charge in [-0.2, -0.15) is 0 Å². The fourth-order valence-corrected chi connectivity index (χ4v) is 4.58. The molecule has 0 spiro atoms. The molecule has 0 radical (unpaired) electrons. The molecule has 3 heteroatoms. The van der Waals surface area contributed by atoms with Gasteiger partial charge in [-0.05, 0) is 31.0 Å². The van der Waals surface area contributed by atoms with E-state index in [0.29, 0.717) is 12.2 Å². The number of allylic oxidation sites excluding steroid dienone is 1. The summed E-state index contributed by atoms with van der Waals surface area (Å²) in [5, 5.41) is 2.68. The summed E-state index contributed by atoms with van der Waals surface area (Å²) in [5.74, 6) is -0.267. The second kappa shape index (κ2) is 7.42. The van der Waals surface area contributed by atoms with Crippen LogP contribution in [0, 0.1) is 0 Å². The number of benzene rings is 2. The fourth-order valence-electron chi connectivity index (χ4n) is 2.50. The van der Waals surface area contributed by atoms with Gasteiger partial charge in [-0.25, -0.2) is 4.79 Å². The molecule has 0 N–H and O–H groups in total. The third-order valence-corrected chi connectivity index (χ3v) is 7.98. The highest BCUT2D eigenvalue weighted by Gasteiger charge is 2.26. The van der Waals surface area contributed by atoms with Crippen molar-refractivity contribution in [2.75, 3.05) is 6.61 Å². The summed E-state index contributed by atoms with van der Waals surface area (Å²) >= 11 is 0. The maximum atomic E-state index is 11.7. The largest absolute Gasteiger partial charge is 0.462 e. The zero-order valence-corrected chi connectivity index (χ0v) is 15.1. The first-order valence-electron chi connectivity index (χ1n) is 7.95. The number of carbonyl (C=O) groups is 1. The normalized spacial score (nSPS) is 11.1. The minimum absolute atomic E-state index is 0.267. The van der Waals surface area contributed by atoms with Crippen LogP contribution < -0.4 is 5.19 Å². The minimum Gasteiger partial charge on any atom is -0.462 e. The Kier molecular flexibility index (Phi) is 5.56. The summed E-state index contributed by atoms with van der Waals surface area (Å²) in [5.41, 5.74) is 1.78. The average Bonchev–Trinajstić information content (AvgIpc) is 2.56. The van der Waals surface area contributed by atoms with Crippen molar-refractivity contribution in [1.29, 1.82) is 0 Å². The molecule has 2 aromatic rings. The van der Waals surface area contributed by atoms with Gasteiger partial charge in [0.25, 0.3) is 0 Å². The summed E-state index contributed by atoms with van der Waals surface area (Å²) in [4.78, 5) is 11.7. The predicted octanol–water partition coefficient (Wildman–Crippen LogP) is 4.12. The maximum Gasteiger partial charge on any atom is 0.338 e. The molecule has 0 heterocycles. The van der Waals surface area contributed by atoms with Crippen molar-refractivity contribution in [2.24, 2.45) is 0 Å². The van der Waals surface area contributed by atoms with Gasteiger partial charge >= 0.3 is 5.97 Å². The molecule has 0 unspecified atom stereocenters. The van der Waals surface area contributed by atoms with E-state index in [-0.39, 0.29) is 5.97 Å². The molecule has 0 saturated heterocycles. The van der Waals surface area contributed by atoms with Crippen LogP contribution in [0.2, 0.25) is 13.1 Å². The van der Waals surface area contributed by atoms with Crippen molar-refractivity contribution in [1.82, 2.24) is 0 Å². The van der Waals surface area contributed by atoms with Gasteiger partial charge in [0.2, 0.25) is 0 Å². The van der Waals surface area contributed by atoms with E-state index in [1.54, 1.807) is 0 Å². The van der Waals surface area contributed by atoms with Crippen LogP contribution in [0.3, 0.4) is 0 Å². The summed E-state index contributed by atoms with van der Waals surface area (Å²) < 4.78 is 5.01. The molecule has 2 nitrogen and oxygen atoms in total. The number of hydrogen-bond donors (Lipinski definition) is 0. The van der Waals surface area contributed by atoms with Gasteiger partial charge in [-0.15, -0.1) is 6.58 Å². The Labute approximate surface area is 139 Å². The lowest BCUT2D eigenvalue weighted by molar-refractivity contribution is 0.0526. The standard InChI is InChI=1S/C20H24O2Si/c1-5-22-20(21)18-13-11-17(12-14-18)15-16(2)23(3,4)19-9-7-6-8-10-19/h6-14H,2,5,15H2,1,3-4H3. The first-order valence-corrected chi connectivity index (χ1v) is 10.9. The molecule has 0 aliphatic carbocycles. The third kappa shape index (κ3) is 4.20. The number of rotatable bonds is 6. The van der Waals surface area contributed by atoms with E-state index in [1.165, 1.54) is 15.9 Å². The molecule has 0 atom stereocenters. The molecule has 0 fully saturated rings. The van der Waals surface area contributed by atoms with Gasteiger partial charge in [0.1, 0.15) is 8.07 Å². The molecule has 0 saturated carbocycles. The van der Waals surface area contributed by atoms with Gasteiger partial charge in [0, 0.05) is 0 Å². The van der Waals surface area contributed by atoms with E-state index in [0.717, 1.165) is 6.42 Å². The predicted molar refractivity (Wildman–Crippen MR) is 98.8 cm³/mol. The van der Waals surface area contributed by atoms with E-state index in [1.807, 2.05) is 37.3 Å². The summed E-state index contributed by atoms with van der Waals surface area (Å²) in [6, 6.07) is 18.3. The summed E-state index contributed by atoms with van der Waals surface area (Å²) in [6.45, 7) is 11.2. The van der Waals surface area contributed by atoms with Gasteiger partial charge in [-0.1, -0.05) is 65.9 Å². The van der Waals surface area contributed by atoms with Crippen LogP contribution >= 0.6 is 0 Å². The van der Waals surface area contributed by atoms with E-state index < -0.39 is 8.07 Å². The van der Waals surface area contributed by atoms with Crippen LogP contribution in [0.5, 0.6) is 0 Å². The lowest BCUT2D eigenvalue weighted by atomic mass is 10.1. The quantitative estimate of drug-likeness (QED) is 0.590. The molecule has 2 aromatic carbocycles. The molecular formula is C20H24O2Si. The van der Waals surface area contributed by atoms with Crippen molar-refractivity contribution in [3.05, 3.63) is 77.5 Å². The molecule has 0 aliphatic heterocycles. The number of carbonyl (C=O) groups excluding carboxylic acids is 1. The lowest BCUT2D eigenvalue weighted by Gasteiger charge is -2.26. The Morgan fingerprint density at radius 2 is 1.65 bits per heavy atom. The Bertz CT molecular complexity index is 673. The minimum atomic E-state index is -1.70. The molecule has 120 valence electrons. The first kappa shape index (κ1) is 17.2. The highest BCUT2D eigenvalue weighted by atomic mass is 28.3.